The second-order valence-corrected chi connectivity index (χ2v) is 0.663. The molecule has 34 valence electrons. The van der Waals surface area contributed by atoms with Gasteiger partial charge in [-0.15, -0.1) is 5.10 Å². The monoisotopic (exact) mass is 85.1 g/mol. The Balaban J connectivity index is 3.07. The van der Waals surface area contributed by atoms with Crippen LogP contribution in [0.1, 0.15) is 6.92 Å². The Hall–Kier alpha value is -0.730. The van der Waals surface area contributed by atoms with Gasteiger partial charge in [0.05, 0.1) is 7.05 Å². The van der Waals surface area contributed by atoms with Crippen molar-refractivity contribution in [3.63, 3.8) is 0 Å². The van der Waals surface area contributed by atoms with Crippen LogP contribution in [0.15, 0.2) is 15.4 Å². The van der Waals surface area contributed by atoms with Gasteiger partial charge in [-0.3, -0.25) is 0 Å². The summed E-state index contributed by atoms with van der Waals surface area (Å²) in [6, 6.07) is 0. The SMILES string of the molecule is C/C=N\N=N/C. The lowest BCUT2D eigenvalue weighted by molar-refractivity contribution is 1.02. The van der Waals surface area contributed by atoms with Crippen molar-refractivity contribution in [1.82, 2.24) is 0 Å². The first-order chi connectivity index (χ1) is 2.91. The molecule has 0 aliphatic rings. The molecule has 3 heteroatoms. The van der Waals surface area contributed by atoms with Gasteiger partial charge in [-0.05, 0) is 6.92 Å². The minimum Gasteiger partial charge on any atom is -0.172 e. The maximum Gasteiger partial charge on any atom is 0.0509 e. The van der Waals surface area contributed by atoms with Crippen LogP contribution in [0.3, 0.4) is 0 Å². The van der Waals surface area contributed by atoms with E-state index in [1.54, 1.807) is 20.2 Å². The standard InChI is InChI=1S/C3H7N3/c1-3-5-6-4-2/h3H,1-2H3/b5-3-,6-4-. The largest absolute Gasteiger partial charge is 0.172 e. The minimum absolute atomic E-state index is 1.58. The van der Waals surface area contributed by atoms with E-state index in [-0.39, 0.29) is 0 Å². The van der Waals surface area contributed by atoms with Crippen LogP contribution in [0, 0.1) is 0 Å². The van der Waals surface area contributed by atoms with E-state index < -0.39 is 0 Å². The third-order valence-corrected chi connectivity index (χ3v) is 0.257. The van der Waals surface area contributed by atoms with E-state index in [9.17, 15) is 0 Å². The van der Waals surface area contributed by atoms with Crippen LogP contribution in [-0.2, 0) is 0 Å². The Kier molecular flexibility index (Phi) is 3.75. The lowest BCUT2D eigenvalue weighted by Gasteiger charge is -1.63. The molecular formula is C3H7N3. The number of nitrogens with zero attached hydrogens (tertiary/aromatic N) is 3. The summed E-state index contributed by atoms with van der Waals surface area (Å²) in [5.74, 6) is 0. The normalized spacial score (nSPS) is 11.7. The zero-order chi connectivity index (χ0) is 4.83. The number of rotatable bonds is 1. The Bertz CT molecular complexity index is 54.4. The summed E-state index contributed by atoms with van der Waals surface area (Å²) in [5.41, 5.74) is 0. The lowest BCUT2D eigenvalue weighted by atomic mass is 10.9. The predicted octanol–water partition coefficient (Wildman–Crippen LogP) is 1.07. The van der Waals surface area contributed by atoms with Crippen LogP contribution >= 0.6 is 0 Å². The first-order valence-corrected chi connectivity index (χ1v) is 1.68. The van der Waals surface area contributed by atoms with Gasteiger partial charge in [0, 0.05) is 6.21 Å². The molecule has 0 radical (unpaired) electrons. The molecule has 0 aliphatic carbocycles. The van der Waals surface area contributed by atoms with Gasteiger partial charge in [-0.25, -0.2) is 0 Å². The molecule has 0 saturated heterocycles. The zero-order valence-corrected chi connectivity index (χ0v) is 3.92. The van der Waals surface area contributed by atoms with Gasteiger partial charge in [0.15, 0.2) is 0 Å². The van der Waals surface area contributed by atoms with E-state index in [2.05, 4.69) is 15.4 Å². The Morgan fingerprint density at radius 3 is 2.33 bits per heavy atom. The molecule has 0 aromatic carbocycles. The molecule has 0 atom stereocenters. The molecule has 0 heterocycles. The molecule has 0 N–H and O–H groups in total. The van der Waals surface area contributed by atoms with Crippen LogP contribution in [0.4, 0.5) is 0 Å². The maximum atomic E-state index is 3.42. The van der Waals surface area contributed by atoms with Gasteiger partial charge in [0.2, 0.25) is 0 Å². The molecule has 0 aromatic heterocycles. The van der Waals surface area contributed by atoms with Crippen molar-refractivity contribution in [2.45, 2.75) is 6.92 Å². The van der Waals surface area contributed by atoms with E-state index in [0.29, 0.717) is 0 Å². The Morgan fingerprint density at radius 1 is 1.50 bits per heavy atom. The number of hydrogen-bond acceptors (Lipinski definition) is 2. The summed E-state index contributed by atoms with van der Waals surface area (Å²) < 4.78 is 0. The second-order valence-electron chi connectivity index (χ2n) is 0.663. The molecule has 0 unspecified atom stereocenters. The first kappa shape index (κ1) is 5.27. The highest BCUT2D eigenvalue weighted by atomic mass is 15.3. The minimum atomic E-state index is 1.58. The third-order valence-electron chi connectivity index (χ3n) is 0.257. The average molecular weight is 85.1 g/mol. The molecule has 0 spiro atoms. The highest BCUT2D eigenvalue weighted by molar-refractivity contribution is 5.52. The fourth-order valence-corrected chi connectivity index (χ4v) is 0.103. The zero-order valence-electron chi connectivity index (χ0n) is 3.92. The van der Waals surface area contributed by atoms with Gasteiger partial charge >= 0.3 is 0 Å². The van der Waals surface area contributed by atoms with Gasteiger partial charge in [-0.1, -0.05) is 5.22 Å². The molecule has 0 amide bonds. The summed E-state index contributed by atoms with van der Waals surface area (Å²) in [5, 5.41) is 10.1. The molecule has 0 rings (SSSR count). The molecule has 6 heavy (non-hydrogen) atoms. The molecule has 0 aliphatic heterocycles. The van der Waals surface area contributed by atoms with E-state index in [1.165, 1.54) is 0 Å². The number of hydrogen-bond donors (Lipinski definition) is 0. The fourth-order valence-electron chi connectivity index (χ4n) is 0.103. The topological polar surface area (TPSA) is 37.1 Å². The average Bonchev–Trinajstić information content (AvgIpc) is 1.61. The molecule has 3 nitrogen and oxygen atoms in total. The van der Waals surface area contributed by atoms with Crippen LogP contribution < -0.4 is 0 Å². The van der Waals surface area contributed by atoms with E-state index in [4.69, 9.17) is 0 Å². The smallest absolute Gasteiger partial charge is 0.0509 e. The third kappa shape index (κ3) is 3.27. The van der Waals surface area contributed by atoms with Crippen LogP contribution in [0.2, 0.25) is 0 Å². The van der Waals surface area contributed by atoms with E-state index in [1.807, 2.05) is 0 Å². The summed E-state index contributed by atoms with van der Waals surface area (Å²) in [6.07, 6.45) is 1.58. The summed E-state index contributed by atoms with van der Waals surface area (Å²) in [6.45, 7) is 1.79. The Labute approximate surface area is 36.8 Å². The van der Waals surface area contributed by atoms with E-state index >= 15 is 0 Å². The van der Waals surface area contributed by atoms with Crippen LogP contribution in [0.5, 0.6) is 0 Å². The summed E-state index contributed by atoms with van der Waals surface area (Å²) >= 11 is 0. The van der Waals surface area contributed by atoms with Crippen molar-refractivity contribution >= 4 is 6.21 Å². The molecular weight excluding hydrogens is 78.1 g/mol. The predicted molar refractivity (Wildman–Crippen MR) is 24.9 cm³/mol. The van der Waals surface area contributed by atoms with Crippen molar-refractivity contribution in [2.75, 3.05) is 7.05 Å². The van der Waals surface area contributed by atoms with E-state index in [0.717, 1.165) is 0 Å². The van der Waals surface area contributed by atoms with Gasteiger partial charge in [-0.2, -0.15) is 5.11 Å². The van der Waals surface area contributed by atoms with Crippen LogP contribution in [0.25, 0.3) is 0 Å². The second kappa shape index (κ2) is 4.27. The quantitative estimate of drug-likeness (QED) is 0.259. The van der Waals surface area contributed by atoms with Crippen molar-refractivity contribution in [1.29, 1.82) is 0 Å². The van der Waals surface area contributed by atoms with Crippen LogP contribution in [-0.4, -0.2) is 13.3 Å². The van der Waals surface area contributed by atoms with Gasteiger partial charge < -0.3 is 0 Å². The summed E-state index contributed by atoms with van der Waals surface area (Å²) in [4.78, 5) is 0. The van der Waals surface area contributed by atoms with Gasteiger partial charge in [0.25, 0.3) is 0 Å². The lowest BCUT2D eigenvalue weighted by Crippen LogP contribution is -1.50. The fraction of sp³-hybridized carbons (Fsp3) is 0.667. The molecule has 0 saturated carbocycles. The Morgan fingerprint density at radius 2 is 2.17 bits per heavy atom. The highest BCUT2D eigenvalue weighted by Gasteiger charge is 1.48. The van der Waals surface area contributed by atoms with Crippen molar-refractivity contribution in [2.24, 2.45) is 15.4 Å². The van der Waals surface area contributed by atoms with Crippen molar-refractivity contribution in [3.05, 3.63) is 0 Å². The van der Waals surface area contributed by atoms with Crippen molar-refractivity contribution < 1.29 is 0 Å². The van der Waals surface area contributed by atoms with Crippen molar-refractivity contribution in [3.8, 4) is 0 Å². The summed E-state index contributed by atoms with van der Waals surface area (Å²) in [7, 11) is 1.58. The maximum absolute atomic E-state index is 3.42. The highest BCUT2D eigenvalue weighted by Crippen LogP contribution is 1.65. The molecule has 0 aromatic rings. The molecule has 0 fully saturated rings. The van der Waals surface area contributed by atoms with Gasteiger partial charge in [0.1, 0.15) is 0 Å². The first-order valence-electron chi connectivity index (χ1n) is 1.68. The molecule has 0 bridgehead atoms.